The first kappa shape index (κ1) is 16.7. The highest BCUT2D eigenvalue weighted by molar-refractivity contribution is 7.14. The molecule has 0 aliphatic heterocycles. The minimum Gasteiger partial charge on any atom is -0.338 e. The minimum absolute atomic E-state index is 0.137. The SMILES string of the molecule is CCCCN(CCCC)C(=O)c1ccc(C#CCN)s1. The van der Waals surface area contributed by atoms with E-state index < -0.39 is 0 Å². The van der Waals surface area contributed by atoms with E-state index in [2.05, 4.69) is 25.7 Å². The summed E-state index contributed by atoms with van der Waals surface area (Å²) in [6.45, 7) is 6.33. The summed E-state index contributed by atoms with van der Waals surface area (Å²) in [7, 11) is 0. The smallest absolute Gasteiger partial charge is 0.263 e. The van der Waals surface area contributed by atoms with Crippen molar-refractivity contribution in [1.82, 2.24) is 4.90 Å². The van der Waals surface area contributed by atoms with Gasteiger partial charge in [-0.05, 0) is 25.0 Å². The summed E-state index contributed by atoms with van der Waals surface area (Å²) in [4.78, 5) is 16.2. The van der Waals surface area contributed by atoms with E-state index >= 15 is 0 Å². The van der Waals surface area contributed by atoms with E-state index in [1.807, 2.05) is 17.0 Å². The van der Waals surface area contributed by atoms with E-state index in [9.17, 15) is 4.79 Å². The van der Waals surface area contributed by atoms with Crippen LogP contribution in [0, 0.1) is 11.8 Å². The third kappa shape index (κ3) is 5.36. The molecule has 0 bridgehead atoms. The van der Waals surface area contributed by atoms with Gasteiger partial charge in [0.1, 0.15) is 0 Å². The molecule has 1 amide bonds. The van der Waals surface area contributed by atoms with Gasteiger partial charge in [-0.2, -0.15) is 0 Å². The van der Waals surface area contributed by atoms with Crippen LogP contribution in [0.25, 0.3) is 0 Å². The second kappa shape index (κ2) is 9.57. The van der Waals surface area contributed by atoms with Crippen molar-refractivity contribution in [3.8, 4) is 11.8 Å². The molecular weight excluding hydrogens is 268 g/mol. The molecule has 0 aliphatic rings. The molecule has 3 nitrogen and oxygen atoms in total. The quantitative estimate of drug-likeness (QED) is 0.785. The Morgan fingerprint density at radius 2 is 1.90 bits per heavy atom. The van der Waals surface area contributed by atoms with Crippen LogP contribution in [-0.2, 0) is 0 Å². The summed E-state index contributed by atoms with van der Waals surface area (Å²) in [6, 6.07) is 3.77. The Morgan fingerprint density at radius 3 is 2.45 bits per heavy atom. The summed E-state index contributed by atoms with van der Waals surface area (Å²) in [6.07, 6.45) is 4.32. The Hall–Kier alpha value is -1.31. The number of carbonyl (C=O) groups excluding carboxylic acids is 1. The fourth-order valence-electron chi connectivity index (χ4n) is 1.83. The lowest BCUT2D eigenvalue weighted by Crippen LogP contribution is -2.32. The molecule has 1 rings (SSSR count). The lowest BCUT2D eigenvalue weighted by atomic mass is 10.2. The minimum atomic E-state index is 0.137. The van der Waals surface area contributed by atoms with E-state index in [1.54, 1.807) is 0 Å². The summed E-state index contributed by atoms with van der Waals surface area (Å²) in [5, 5.41) is 0. The molecule has 0 radical (unpaired) electrons. The molecule has 110 valence electrons. The van der Waals surface area contributed by atoms with Gasteiger partial charge in [-0.15, -0.1) is 11.3 Å². The van der Waals surface area contributed by atoms with Crippen LogP contribution in [-0.4, -0.2) is 30.4 Å². The molecule has 0 spiro atoms. The molecule has 20 heavy (non-hydrogen) atoms. The predicted octanol–water partition coefficient (Wildman–Crippen LogP) is 3.10. The van der Waals surface area contributed by atoms with Crippen LogP contribution in [0.4, 0.5) is 0 Å². The van der Waals surface area contributed by atoms with Crippen molar-refractivity contribution in [2.24, 2.45) is 5.73 Å². The first-order valence-corrected chi connectivity index (χ1v) is 8.12. The number of thiophene rings is 1. The average Bonchev–Trinajstić information content (AvgIpc) is 2.93. The zero-order valence-corrected chi connectivity index (χ0v) is 13.3. The third-order valence-electron chi connectivity index (χ3n) is 2.98. The number of nitrogens with two attached hydrogens (primary N) is 1. The fraction of sp³-hybridized carbons (Fsp3) is 0.562. The van der Waals surface area contributed by atoms with Gasteiger partial charge in [0.25, 0.3) is 5.91 Å². The number of carbonyl (C=O) groups is 1. The number of amides is 1. The summed E-state index contributed by atoms with van der Waals surface area (Å²) >= 11 is 1.46. The van der Waals surface area contributed by atoms with Gasteiger partial charge in [0, 0.05) is 13.1 Å². The number of hydrogen-bond donors (Lipinski definition) is 1. The molecule has 0 saturated heterocycles. The summed E-state index contributed by atoms with van der Waals surface area (Å²) in [5.41, 5.74) is 5.36. The molecule has 4 heteroatoms. The van der Waals surface area contributed by atoms with Crippen molar-refractivity contribution >= 4 is 17.2 Å². The number of nitrogens with zero attached hydrogens (tertiary/aromatic N) is 1. The zero-order chi connectivity index (χ0) is 14.8. The third-order valence-corrected chi connectivity index (χ3v) is 3.97. The van der Waals surface area contributed by atoms with Crippen LogP contribution < -0.4 is 5.73 Å². The molecule has 1 aromatic rings. The van der Waals surface area contributed by atoms with Crippen LogP contribution in [0.15, 0.2) is 12.1 Å². The monoisotopic (exact) mass is 292 g/mol. The van der Waals surface area contributed by atoms with Gasteiger partial charge in [-0.1, -0.05) is 38.5 Å². The molecule has 0 fully saturated rings. The van der Waals surface area contributed by atoms with Gasteiger partial charge in [-0.3, -0.25) is 4.79 Å². The fourth-order valence-corrected chi connectivity index (χ4v) is 2.68. The molecule has 0 saturated carbocycles. The van der Waals surface area contributed by atoms with Gasteiger partial charge in [-0.25, -0.2) is 0 Å². The lowest BCUT2D eigenvalue weighted by molar-refractivity contribution is 0.0756. The average molecular weight is 292 g/mol. The summed E-state index contributed by atoms with van der Waals surface area (Å²) < 4.78 is 0. The molecule has 2 N–H and O–H groups in total. The van der Waals surface area contributed by atoms with Gasteiger partial charge in [0.2, 0.25) is 0 Å². The van der Waals surface area contributed by atoms with Gasteiger partial charge in [0.15, 0.2) is 0 Å². The van der Waals surface area contributed by atoms with Crippen molar-refractivity contribution in [2.45, 2.75) is 39.5 Å². The topological polar surface area (TPSA) is 46.3 Å². The van der Waals surface area contributed by atoms with Crippen molar-refractivity contribution in [2.75, 3.05) is 19.6 Å². The lowest BCUT2D eigenvalue weighted by Gasteiger charge is -2.21. The van der Waals surface area contributed by atoms with E-state index in [0.29, 0.717) is 6.54 Å². The van der Waals surface area contributed by atoms with Gasteiger partial charge in [0.05, 0.1) is 16.3 Å². The van der Waals surface area contributed by atoms with Crippen molar-refractivity contribution in [3.05, 3.63) is 21.9 Å². The molecule has 0 unspecified atom stereocenters. The molecule has 1 heterocycles. The highest BCUT2D eigenvalue weighted by Crippen LogP contribution is 2.18. The van der Waals surface area contributed by atoms with Crippen LogP contribution in [0.5, 0.6) is 0 Å². The van der Waals surface area contributed by atoms with E-state index in [-0.39, 0.29) is 5.91 Å². The highest BCUT2D eigenvalue weighted by atomic mass is 32.1. The molecule has 0 aromatic carbocycles. The highest BCUT2D eigenvalue weighted by Gasteiger charge is 2.16. The van der Waals surface area contributed by atoms with E-state index in [0.717, 1.165) is 48.5 Å². The maximum atomic E-state index is 12.5. The Bertz CT molecular complexity index is 462. The largest absolute Gasteiger partial charge is 0.338 e. The molecule has 1 aromatic heterocycles. The van der Waals surface area contributed by atoms with Crippen LogP contribution in [0.1, 0.15) is 54.1 Å². The maximum absolute atomic E-state index is 12.5. The number of rotatable bonds is 7. The second-order valence-corrected chi connectivity index (χ2v) is 5.75. The Balaban J connectivity index is 2.74. The molecular formula is C16H24N2OS. The van der Waals surface area contributed by atoms with Crippen molar-refractivity contribution in [3.63, 3.8) is 0 Å². The maximum Gasteiger partial charge on any atom is 0.263 e. The number of hydrogen-bond acceptors (Lipinski definition) is 3. The van der Waals surface area contributed by atoms with Crippen LogP contribution in [0.2, 0.25) is 0 Å². The van der Waals surface area contributed by atoms with Gasteiger partial charge < -0.3 is 10.6 Å². The Labute approximate surface area is 126 Å². The van der Waals surface area contributed by atoms with Crippen molar-refractivity contribution in [1.29, 1.82) is 0 Å². The first-order chi connectivity index (χ1) is 9.72. The molecule has 0 atom stereocenters. The normalized spacial score (nSPS) is 9.95. The second-order valence-electron chi connectivity index (χ2n) is 4.67. The Kier molecular flexibility index (Phi) is 8.01. The Morgan fingerprint density at radius 1 is 1.25 bits per heavy atom. The van der Waals surface area contributed by atoms with Gasteiger partial charge >= 0.3 is 0 Å². The standard InChI is InChI=1S/C16H24N2OS/c1-3-5-12-18(13-6-4-2)16(19)15-10-9-14(20-15)8-7-11-17/h9-10H,3-6,11-13,17H2,1-2H3. The van der Waals surface area contributed by atoms with E-state index in [4.69, 9.17) is 5.73 Å². The number of unbranched alkanes of at least 4 members (excludes halogenated alkanes) is 2. The molecule has 0 aliphatic carbocycles. The predicted molar refractivity (Wildman–Crippen MR) is 86.0 cm³/mol. The van der Waals surface area contributed by atoms with E-state index in [1.165, 1.54) is 11.3 Å². The van der Waals surface area contributed by atoms with Crippen molar-refractivity contribution < 1.29 is 4.79 Å². The summed E-state index contributed by atoms with van der Waals surface area (Å²) in [5.74, 6) is 5.93. The zero-order valence-electron chi connectivity index (χ0n) is 12.4. The van der Waals surface area contributed by atoms with Crippen LogP contribution in [0.3, 0.4) is 0 Å². The first-order valence-electron chi connectivity index (χ1n) is 7.31. The van der Waals surface area contributed by atoms with Crippen LogP contribution >= 0.6 is 11.3 Å².